The minimum absolute atomic E-state index is 0.629. The van der Waals surface area contributed by atoms with E-state index in [0.717, 1.165) is 19.6 Å². The van der Waals surface area contributed by atoms with Crippen molar-refractivity contribution in [2.75, 3.05) is 19.6 Å². The molecule has 0 spiro atoms. The molecule has 1 fully saturated rings. The van der Waals surface area contributed by atoms with Crippen molar-refractivity contribution >= 4 is 0 Å². The highest BCUT2D eigenvalue weighted by Crippen LogP contribution is 2.13. The Labute approximate surface area is 81.5 Å². The average molecular weight is 180 g/mol. The molecular formula is C11H20N2. The molecule has 0 aromatic heterocycles. The number of piperazine rings is 1. The molecule has 0 unspecified atom stereocenters. The third-order valence-electron chi connectivity index (χ3n) is 2.48. The van der Waals surface area contributed by atoms with E-state index in [4.69, 9.17) is 0 Å². The monoisotopic (exact) mass is 180 g/mol. The van der Waals surface area contributed by atoms with Crippen molar-refractivity contribution in [2.45, 2.75) is 26.8 Å². The van der Waals surface area contributed by atoms with E-state index in [1.165, 1.54) is 5.70 Å². The van der Waals surface area contributed by atoms with Crippen LogP contribution in [0.4, 0.5) is 0 Å². The Morgan fingerprint density at radius 2 is 2.08 bits per heavy atom. The zero-order valence-electron chi connectivity index (χ0n) is 8.95. The van der Waals surface area contributed by atoms with E-state index < -0.39 is 0 Å². The van der Waals surface area contributed by atoms with E-state index in [1.807, 2.05) is 6.92 Å². The van der Waals surface area contributed by atoms with Crippen LogP contribution in [0.5, 0.6) is 0 Å². The third-order valence-corrected chi connectivity index (χ3v) is 2.48. The fourth-order valence-corrected chi connectivity index (χ4v) is 1.60. The smallest absolute Gasteiger partial charge is 0.0384 e. The predicted molar refractivity (Wildman–Crippen MR) is 57.4 cm³/mol. The van der Waals surface area contributed by atoms with Crippen LogP contribution in [-0.2, 0) is 0 Å². The van der Waals surface area contributed by atoms with Gasteiger partial charge in [0.25, 0.3) is 0 Å². The molecule has 0 aliphatic carbocycles. The van der Waals surface area contributed by atoms with Gasteiger partial charge in [-0.3, -0.25) is 4.90 Å². The number of nitrogens with zero attached hydrogens (tertiary/aromatic N) is 2. The number of hydrogen-bond acceptors (Lipinski definition) is 2. The molecule has 0 aromatic rings. The predicted octanol–water partition coefficient (Wildman–Crippen LogP) is 2.06. The largest absolute Gasteiger partial charge is 0.350 e. The maximum Gasteiger partial charge on any atom is 0.0384 e. The van der Waals surface area contributed by atoms with Crippen molar-refractivity contribution in [3.8, 4) is 0 Å². The molecule has 0 saturated carbocycles. The summed E-state index contributed by atoms with van der Waals surface area (Å²) in [6.07, 6.45) is 4.18. The van der Waals surface area contributed by atoms with Gasteiger partial charge in [0.05, 0.1) is 0 Å². The van der Waals surface area contributed by atoms with Crippen LogP contribution in [0.25, 0.3) is 0 Å². The van der Waals surface area contributed by atoms with Crippen LogP contribution in [0, 0.1) is 0 Å². The van der Waals surface area contributed by atoms with E-state index in [2.05, 4.69) is 42.5 Å². The van der Waals surface area contributed by atoms with E-state index in [0.29, 0.717) is 6.04 Å². The van der Waals surface area contributed by atoms with Gasteiger partial charge in [-0.05, 0) is 27.0 Å². The van der Waals surface area contributed by atoms with Crippen LogP contribution in [0.1, 0.15) is 20.8 Å². The fraction of sp³-hybridized carbons (Fsp3) is 0.636. The fourth-order valence-electron chi connectivity index (χ4n) is 1.60. The van der Waals surface area contributed by atoms with Gasteiger partial charge in [-0.2, -0.15) is 0 Å². The highest BCUT2D eigenvalue weighted by Gasteiger charge is 2.19. The van der Waals surface area contributed by atoms with Crippen LogP contribution in [-0.4, -0.2) is 35.5 Å². The first-order valence-corrected chi connectivity index (χ1v) is 4.96. The van der Waals surface area contributed by atoms with Crippen LogP contribution >= 0.6 is 0 Å². The first kappa shape index (κ1) is 10.3. The summed E-state index contributed by atoms with van der Waals surface area (Å²) in [4.78, 5) is 4.68. The van der Waals surface area contributed by atoms with Crippen LogP contribution in [0.2, 0.25) is 0 Å². The lowest BCUT2D eigenvalue weighted by molar-refractivity contribution is 0.173. The van der Waals surface area contributed by atoms with Crippen molar-refractivity contribution in [3.63, 3.8) is 0 Å². The van der Waals surface area contributed by atoms with Crippen molar-refractivity contribution in [2.24, 2.45) is 0 Å². The molecule has 13 heavy (non-hydrogen) atoms. The minimum Gasteiger partial charge on any atom is -0.350 e. The summed E-state index contributed by atoms with van der Waals surface area (Å²) in [7, 11) is 0. The summed E-state index contributed by atoms with van der Waals surface area (Å²) >= 11 is 0. The molecule has 0 atom stereocenters. The molecule has 1 aliphatic rings. The molecule has 1 heterocycles. The van der Waals surface area contributed by atoms with Gasteiger partial charge in [0.2, 0.25) is 0 Å². The Balaban J connectivity index is 2.51. The van der Waals surface area contributed by atoms with Crippen molar-refractivity contribution in [1.29, 1.82) is 0 Å². The first-order chi connectivity index (χ1) is 6.15. The Morgan fingerprint density at radius 1 is 1.38 bits per heavy atom. The molecule has 0 amide bonds. The zero-order chi connectivity index (χ0) is 9.84. The lowest BCUT2D eigenvalue weighted by Gasteiger charge is -2.37. The maximum atomic E-state index is 4.08. The minimum atomic E-state index is 0.629. The van der Waals surface area contributed by atoms with E-state index in [-0.39, 0.29) is 0 Å². The van der Waals surface area contributed by atoms with Gasteiger partial charge in [0.1, 0.15) is 0 Å². The molecule has 0 bridgehead atoms. The second-order valence-corrected chi connectivity index (χ2v) is 3.81. The molecule has 1 rings (SSSR count). The van der Waals surface area contributed by atoms with Gasteiger partial charge in [-0.15, -0.1) is 0 Å². The first-order valence-electron chi connectivity index (χ1n) is 4.96. The highest BCUT2D eigenvalue weighted by atomic mass is 15.3. The molecule has 0 N–H and O–H groups in total. The van der Waals surface area contributed by atoms with Gasteiger partial charge >= 0.3 is 0 Å². The summed E-state index contributed by atoms with van der Waals surface area (Å²) in [5.74, 6) is 0. The van der Waals surface area contributed by atoms with Crippen molar-refractivity contribution in [3.05, 3.63) is 24.6 Å². The van der Waals surface area contributed by atoms with Gasteiger partial charge in [0.15, 0.2) is 0 Å². The Bertz CT molecular complexity index is 206. The molecular weight excluding hydrogens is 160 g/mol. The average Bonchev–Trinajstić information content (AvgIpc) is 2.08. The number of allylic oxidation sites excluding steroid dienone is 1. The van der Waals surface area contributed by atoms with Crippen molar-refractivity contribution in [1.82, 2.24) is 9.80 Å². The SMILES string of the molecule is C=C1CN(C(C)C)CCN1/C=C\C. The molecule has 1 saturated heterocycles. The van der Waals surface area contributed by atoms with Gasteiger partial charge < -0.3 is 4.90 Å². The molecule has 0 aromatic carbocycles. The van der Waals surface area contributed by atoms with Gasteiger partial charge in [-0.25, -0.2) is 0 Å². The zero-order valence-corrected chi connectivity index (χ0v) is 8.95. The van der Waals surface area contributed by atoms with Gasteiger partial charge in [-0.1, -0.05) is 12.7 Å². The Hall–Kier alpha value is -0.760. The van der Waals surface area contributed by atoms with Crippen LogP contribution < -0.4 is 0 Å². The molecule has 74 valence electrons. The van der Waals surface area contributed by atoms with Crippen LogP contribution in [0.15, 0.2) is 24.6 Å². The number of hydrogen-bond donors (Lipinski definition) is 0. The van der Waals surface area contributed by atoms with Crippen molar-refractivity contribution < 1.29 is 0 Å². The third kappa shape index (κ3) is 2.59. The standard InChI is InChI=1S/C11H20N2/c1-5-6-12-7-8-13(10(2)3)9-11(12)4/h5-6,10H,4,7-9H2,1-3H3/b6-5-. The molecule has 2 nitrogen and oxygen atoms in total. The maximum absolute atomic E-state index is 4.08. The molecule has 0 radical (unpaired) electrons. The second kappa shape index (κ2) is 4.47. The lowest BCUT2D eigenvalue weighted by Crippen LogP contribution is -2.45. The summed E-state index contributed by atoms with van der Waals surface area (Å²) in [5, 5.41) is 0. The lowest BCUT2D eigenvalue weighted by atomic mass is 10.2. The quantitative estimate of drug-likeness (QED) is 0.642. The highest BCUT2D eigenvalue weighted by molar-refractivity contribution is 5.06. The topological polar surface area (TPSA) is 6.48 Å². The Morgan fingerprint density at radius 3 is 2.54 bits per heavy atom. The van der Waals surface area contributed by atoms with E-state index >= 15 is 0 Å². The van der Waals surface area contributed by atoms with E-state index in [9.17, 15) is 0 Å². The molecule has 2 heteroatoms. The van der Waals surface area contributed by atoms with E-state index in [1.54, 1.807) is 0 Å². The van der Waals surface area contributed by atoms with Crippen LogP contribution in [0.3, 0.4) is 0 Å². The van der Waals surface area contributed by atoms with Gasteiger partial charge in [0, 0.05) is 31.4 Å². The second-order valence-electron chi connectivity index (χ2n) is 3.81. The normalized spacial score (nSPS) is 20.6. The summed E-state index contributed by atoms with van der Waals surface area (Å²) < 4.78 is 0. The Kier molecular flexibility index (Phi) is 3.55. The summed E-state index contributed by atoms with van der Waals surface area (Å²) in [5.41, 5.74) is 1.21. The summed E-state index contributed by atoms with van der Waals surface area (Å²) in [6, 6.07) is 0.629. The summed E-state index contributed by atoms with van der Waals surface area (Å²) in [6.45, 7) is 13.8. The molecule has 1 aliphatic heterocycles. The number of rotatable bonds is 2.